The molecule has 3 atom stereocenters. The Morgan fingerprint density at radius 3 is 2.42 bits per heavy atom. The van der Waals surface area contributed by atoms with Gasteiger partial charge in [0.05, 0.1) is 32.1 Å². The van der Waals surface area contributed by atoms with E-state index in [2.05, 4.69) is 5.32 Å². The molecular weight excluding hydrogens is 310 g/mol. The second-order valence-corrected chi connectivity index (χ2v) is 5.83. The van der Waals surface area contributed by atoms with Crippen LogP contribution in [-0.4, -0.2) is 31.2 Å². The predicted octanol–water partition coefficient (Wildman–Crippen LogP) is 2.55. The van der Waals surface area contributed by atoms with Gasteiger partial charge in [-0.2, -0.15) is 0 Å². The minimum atomic E-state index is -0.936. The van der Waals surface area contributed by atoms with E-state index in [9.17, 15) is 14.7 Å². The van der Waals surface area contributed by atoms with Gasteiger partial charge >= 0.3 is 5.97 Å². The molecule has 6 heteroatoms. The van der Waals surface area contributed by atoms with Crippen LogP contribution in [0.1, 0.15) is 31.4 Å². The van der Waals surface area contributed by atoms with Crippen molar-refractivity contribution in [3.05, 3.63) is 35.9 Å². The first-order valence-electron chi connectivity index (χ1n) is 7.88. The van der Waals surface area contributed by atoms with Gasteiger partial charge in [-0.15, -0.1) is 0 Å². The number of carboxylic acid groups (broad SMARTS) is 1. The van der Waals surface area contributed by atoms with Crippen LogP contribution in [-0.2, 0) is 9.59 Å². The van der Waals surface area contributed by atoms with E-state index in [1.165, 1.54) is 0 Å². The summed E-state index contributed by atoms with van der Waals surface area (Å²) >= 11 is 0. The molecule has 1 aromatic carbocycles. The molecule has 0 saturated carbocycles. The number of ether oxygens (including phenoxy) is 2. The van der Waals surface area contributed by atoms with E-state index >= 15 is 0 Å². The molecule has 6 nitrogen and oxygen atoms in total. The van der Waals surface area contributed by atoms with Gasteiger partial charge in [0.2, 0.25) is 5.91 Å². The summed E-state index contributed by atoms with van der Waals surface area (Å²) in [5.41, 5.74) is 0.810. The number of nitrogens with one attached hydrogen (secondary N) is 1. The van der Waals surface area contributed by atoms with Gasteiger partial charge in [-0.05, 0) is 31.9 Å². The van der Waals surface area contributed by atoms with Crippen molar-refractivity contribution in [3.8, 4) is 11.5 Å². The second-order valence-electron chi connectivity index (χ2n) is 5.83. The van der Waals surface area contributed by atoms with Crippen molar-refractivity contribution in [2.24, 2.45) is 11.8 Å². The number of methoxy groups -OCH3 is 2. The second kappa shape index (κ2) is 7.86. The molecular formula is C18H23NO5. The van der Waals surface area contributed by atoms with Crippen LogP contribution in [0.15, 0.2) is 30.4 Å². The van der Waals surface area contributed by atoms with E-state index in [1.807, 2.05) is 25.1 Å². The highest BCUT2D eigenvalue weighted by Gasteiger charge is 2.34. The summed E-state index contributed by atoms with van der Waals surface area (Å²) < 4.78 is 10.5. The lowest BCUT2D eigenvalue weighted by molar-refractivity contribution is -0.147. The normalized spacial score (nSPS) is 21.0. The molecule has 0 unspecified atom stereocenters. The lowest BCUT2D eigenvalue weighted by atomic mass is 9.82. The van der Waals surface area contributed by atoms with Crippen LogP contribution in [0.2, 0.25) is 0 Å². The molecule has 1 aromatic rings. The fraction of sp³-hybridized carbons (Fsp3) is 0.444. The van der Waals surface area contributed by atoms with Crippen LogP contribution < -0.4 is 14.8 Å². The summed E-state index contributed by atoms with van der Waals surface area (Å²) in [6, 6.07) is 5.07. The fourth-order valence-electron chi connectivity index (χ4n) is 2.95. The number of allylic oxidation sites excluding steroid dienone is 2. The number of benzene rings is 1. The van der Waals surface area contributed by atoms with E-state index in [1.54, 1.807) is 26.4 Å². The van der Waals surface area contributed by atoms with E-state index in [0.717, 1.165) is 5.56 Å². The average molecular weight is 333 g/mol. The number of carboxylic acids is 1. The fourth-order valence-corrected chi connectivity index (χ4v) is 2.95. The highest BCUT2D eigenvalue weighted by atomic mass is 16.5. The zero-order valence-corrected chi connectivity index (χ0v) is 14.1. The standard InChI is InChI=1S/C18H23NO5/c1-11(13-9-8-12(23-2)10-16(13)24-3)19-17(20)14-6-4-5-7-15(14)18(21)22/h4-5,8-11,14-15H,6-7H2,1-3H3,(H,19,20)(H,21,22)/t11-,14+,15-/m0/s1. The molecule has 0 aliphatic heterocycles. The molecule has 130 valence electrons. The van der Waals surface area contributed by atoms with Gasteiger partial charge in [0, 0.05) is 11.6 Å². The Hall–Kier alpha value is -2.50. The van der Waals surface area contributed by atoms with Gasteiger partial charge < -0.3 is 19.9 Å². The van der Waals surface area contributed by atoms with Crippen LogP contribution in [0.5, 0.6) is 11.5 Å². The van der Waals surface area contributed by atoms with Gasteiger partial charge in [-0.1, -0.05) is 12.2 Å². The van der Waals surface area contributed by atoms with Gasteiger partial charge in [-0.3, -0.25) is 9.59 Å². The summed E-state index contributed by atoms with van der Waals surface area (Å²) in [6.07, 6.45) is 4.50. The third-order valence-corrected chi connectivity index (χ3v) is 4.35. The van der Waals surface area contributed by atoms with Gasteiger partial charge in [-0.25, -0.2) is 0 Å². The van der Waals surface area contributed by atoms with Crippen molar-refractivity contribution in [3.63, 3.8) is 0 Å². The van der Waals surface area contributed by atoms with Crippen molar-refractivity contribution in [1.29, 1.82) is 0 Å². The van der Waals surface area contributed by atoms with Crippen LogP contribution in [0.3, 0.4) is 0 Å². The Labute approximate surface area is 141 Å². The molecule has 0 aromatic heterocycles. The Morgan fingerprint density at radius 1 is 1.17 bits per heavy atom. The van der Waals surface area contributed by atoms with Gasteiger partial charge in [0.25, 0.3) is 0 Å². The molecule has 0 bridgehead atoms. The number of rotatable bonds is 6. The van der Waals surface area contributed by atoms with E-state index < -0.39 is 17.8 Å². The van der Waals surface area contributed by atoms with Crippen LogP contribution in [0.4, 0.5) is 0 Å². The summed E-state index contributed by atoms with van der Waals surface area (Å²) in [5, 5.41) is 12.2. The van der Waals surface area contributed by atoms with Crippen molar-refractivity contribution in [2.75, 3.05) is 14.2 Å². The van der Waals surface area contributed by atoms with Crippen molar-refractivity contribution < 1.29 is 24.2 Å². The first-order valence-corrected chi connectivity index (χ1v) is 7.88. The summed E-state index contributed by atoms with van der Waals surface area (Å²) in [6.45, 7) is 1.84. The van der Waals surface area contributed by atoms with E-state index in [0.29, 0.717) is 24.3 Å². The van der Waals surface area contributed by atoms with Crippen LogP contribution >= 0.6 is 0 Å². The Balaban J connectivity index is 2.14. The first kappa shape index (κ1) is 17.8. The third-order valence-electron chi connectivity index (χ3n) is 4.35. The molecule has 2 rings (SSSR count). The number of hydrogen-bond acceptors (Lipinski definition) is 4. The number of carbonyl (C=O) groups is 2. The minimum Gasteiger partial charge on any atom is -0.497 e. The Kier molecular flexibility index (Phi) is 5.84. The lowest BCUT2D eigenvalue weighted by Crippen LogP contribution is -2.39. The topological polar surface area (TPSA) is 84.9 Å². The van der Waals surface area contributed by atoms with Crippen molar-refractivity contribution in [1.82, 2.24) is 5.32 Å². The molecule has 2 N–H and O–H groups in total. The zero-order valence-electron chi connectivity index (χ0n) is 14.1. The average Bonchev–Trinajstić information content (AvgIpc) is 2.60. The molecule has 1 amide bonds. The van der Waals surface area contributed by atoms with Gasteiger partial charge in [0.1, 0.15) is 11.5 Å². The number of hydrogen-bond donors (Lipinski definition) is 2. The smallest absolute Gasteiger partial charge is 0.307 e. The summed E-state index contributed by atoms with van der Waals surface area (Å²) in [4.78, 5) is 23.9. The van der Waals surface area contributed by atoms with Crippen LogP contribution in [0.25, 0.3) is 0 Å². The SMILES string of the molecule is COc1ccc([C@H](C)NC(=O)[C@@H]2CC=CC[C@@H]2C(=O)O)c(OC)c1. The maximum absolute atomic E-state index is 12.5. The summed E-state index contributed by atoms with van der Waals surface area (Å²) in [5.74, 6) is -1.15. The number of aliphatic carboxylic acids is 1. The highest BCUT2D eigenvalue weighted by Crippen LogP contribution is 2.31. The third kappa shape index (κ3) is 3.88. The first-order chi connectivity index (χ1) is 11.5. The van der Waals surface area contributed by atoms with Crippen molar-refractivity contribution in [2.45, 2.75) is 25.8 Å². The molecule has 0 heterocycles. The highest BCUT2D eigenvalue weighted by molar-refractivity contribution is 5.85. The largest absolute Gasteiger partial charge is 0.497 e. The molecule has 0 fully saturated rings. The molecule has 0 radical (unpaired) electrons. The Bertz CT molecular complexity index is 640. The Morgan fingerprint density at radius 2 is 1.83 bits per heavy atom. The molecule has 24 heavy (non-hydrogen) atoms. The minimum absolute atomic E-state index is 0.253. The van der Waals surface area contributed by atoms with E-state index in [4.69, 9.17) is 9.47 Å². The molecule has 0 saturated heterocycles. The van der Waals surface area contributed by atoms with Crippen molar-refractivity contribution >= 4 is 11.9 Å². The molecule has 1 aliphatic carbocycles. The van der Waals surface area contributed by atoms with E-state index in [-0.39, 0.29) is 11.9 Å². The monoisotopic (exact) mass is 333 g/mol. The lowest BCUT2D eigenvalue weighted by Gasteiger charge is -2.26. The number of amides is 1. The van der Waals surface area contributed by atoms with Crippen LogP contribution in [0, 0.1) is 11.8 Å². The number of carbonyl (C=O) groups excluding carboxylic acids is 1. The summed E-state index contributed by atoms with van der Waals surface area (Å²) in [7, 11) is 3.13. The molecule has 0 spiro atoms. The maximum Gasteiger partial charge on any atom is 0.307 e. The maximum atomic E-state index is 12.5. The quantitative estimate of drug-likeness (QED) is 0.782. The predicted molar refractivity (Wildman–Crippen MR) is 89.1 cm³/mol. The molecule has 1 aliphatic rings. The zero-order chi connectivity index (χ0) is 17.7. The van der Waals surface area contributed by atoms with Gasteiger partial charge in [0.15, 0.2) is 0 Å².